The maximum atomic E-state index is 14.5. The summed E-state index contributed by atoms with van der Waals surface area (Å²) in [5.74, 6) is -4.30. The lowest BCUT2D eigenvalue weighted by Crippen LogP contribution is -2.28. The Morgan fingerprint density at radius 2 is 1.31 bits per heavy atom. The minimum Gasteiger partial charge on any atom is -0.207 e. The first-order chi connectivity index (χ1) is 26.2. The molecule has 0 nitrogen and oxygen atoms in total. The third-order valence-electron chi connectivity index (χ3n) is 10.3. The molecule has 0 amide bonds. The van der Waals surface area contributed by atoms with Gasteiger partial charge >= 0.3 is 0 Å². The van der Waals surface area contributed by atoms with Gasteiger partial charge in [0.2, 0.25) is 0 Å². The number of allylic oxidation sites excluding steroid dienone is 3. The Morgan fingerprint density at radius 3 is 2.02 bits per heavy atom. The minimum absolute atomic E-state index is 0.200. The van der Waals surface area contributed by atoms with Crippen LogP contribution < -0.4 is 15.7 Å². The molecular formula is C50H34F4. The van der Waals surface area contributed by atoms with Crippen LogP contribution >= 0.6 is 0 Å². The first-order valence-corrected chi connectivity index (χ1v) is 17.7. The zero-order valence-corrected chi connectivity index (χ0v) is 29.8. The van der Waals surface area contributed by atoms with Crippen molar-refractivity contribution in [2.24, 2.45) is 0 Å². The summed E-state index contributed by atoms with van der Waals surface area (Å²) in [7, 11) is 0. The Morgan fingerprint density at radius 1 is 0.630 bits per heavy atom. The van der Waals surface area contributed by atoms with Crippen molar-refractivity contribution in [3.8, 4) is 33.4 Å². The van der Waals surface area contributed by atoms with E-state index in [0.717, 1.165) is 99.1 Å². The number of aryl methyl sites for hydroxylation is 1. The van der Waals surface area contributed by atoms with Gasteiger partial charge in [0.15, 0.2) is 17.5 Å². The topological polar surface area (TPSA) is 0 Å². The minimum atomic E-state index is -1.51. The summed E-state index contributed by atoms with van der Waals surface area (Å²) in [6.07, 6.45) is 7.69. The summed E-state index contributed by atoms with van der Waals surface area (Å²) in [6, 6.07) is 37.6. The molecule has 54 heavy (non-hydrogen) atoms. The average molecular weight is 711 g/mol. The van der Waals surface area contributed by atoms with Gasteiger partial charge in [0.1, 0.15) is 5.82 Å². The van der Waals surface area contributed by atoms with E-state index in [1.807, 2.05) is 62.4 Å². The van der Waals surface area contributed by atoms with E-state index in [2.05, 4.69) is 61.2 Å². The Balaban J connectivity index is 1.46. The van der Waals surface area contributed by atoms with Crippen LogP contribution in [-0.4, -0.2) is 0 Å². The number of fused-ring (bicyclic) bond motifs is 1. The molecule has 0 radical (unpaired) electrons. The van der Waals surface area contributed by atoms with E-state index in [1.54, 1.807) is 18.2 Å². The second kappa shape index (κ2) is 13.8. The smallest absolute Gasteiger partial charge is 0.194 e. The first-order valence-electron chi connectivity index (χ1n) is 17.7. The molecule has 0 fully saturated rings. The molecule has 0 bridgehead atoms. The van der Waals surface area contributed by atoms with Crippen LogP contribution in [0.5, 0.6) is 0 Å². The quantitative estimate of drug-likeness (QED) is 0.119. The van der Waals surface area contributed by atoms with Crippen LogP contribution in [0.25, 0.3) is 83.9 Å². The predicted octanol–water partition coefficient (Wildman–Crippen LogP) is 11.9. The Labute approximate surface area is 310 Å². The molecule has 8 rings (SSSR count). The molecule has 0 unspecified atom stereocenters. The second-order valence-corrected chi connectivity index (χ2v) is 13.5. The first kappa shape index (κ1) is 34.6. The van der Waals surface area contributed by atoms with Crippen molar-refractivity contribution >= 4 is 50.5 Å². The van der Waals surface area contributed by atoms with Crippen molar-refractivity contribution in [3.05, 3.63) is 196 Å². The van der Waals surface area contributed by atoms with E-state index in [9.17, 15) is 17.6 Å². The molecule has 0 heterocycles. The molecule has 0 saturated heterocycles. The fraction of sp³-hybridized carbons (Fsp3) is 0.0400. The molecule has 8 aromatic rings. The average Bonchev–Trinajstić information content (AvgIpc) is 3.18. The van der Waals surface area contributed by atoms with Crippen LogP contribution in [-0.2, 0) is 0 Å². The van der Waals surface area contributed by atoms with Gasteiger partial charge < -0.3 is 0 Å². The van der Waals surface area contributed by atoms with Gasteiger partial charge in [0.25, 0.3) is 0 Å². The van der Waals surface area contributed by atoms with Crippen LogP contribution in [0.1, 0.15) is 18.1 Å². The summed E-state index contributed by atoms with van der Waals surface area (Å²) >= 11 is 0. The van der Waals surface area contributed by atoms with E-state index < -0.39 is 17.5 Å². The van der Waals surface area contributed by atoms with Crippen molar-refractivity contribution in [2.45, 2.75) is 13.8 Å². The van der Waals surface area contributed by atoms with E-state index in [4.69, 9.17) is 6.58 Å². The molecule has 0 N–H and O–H groups in total. The molecule has 0 atom stereocenters. The highest BCUT2D eigenvalue weighted by Gasteiger charge is 2.19. The molecular weight excluding hydrogens is 677 g/mol. The van der Waals surface area contributed by atoms with E-state index in [-0.39, 0.29) is 11.4 Å². The molecule has 0 spiro atoms. The highest BCUT2D eigenvalue weighted by atomic mass is 19.2. The number of rotatable bonds is 6. The second-order valence-electron chi connectivity index (χ2n) is 13.5. The van der Waals surface area contributed by atoms with Crippen molar-refractivity contribution in [1.29, 1.82) is 0 Å². The summed E-state index contributed by atoms with van der Waals surface area (Å²) in [5, 5.41) is 8.56. The molecule has 0 aliphatic rings. The number of benzene rings is 8. The molecule has 262 valence electrons. The lowest BCUT2D eigenvalue weighted by atomic mass is 9.84. The maximum Gasteiger partial charge on any atom is 0.194 e. The van der Waals surface area contributed by atoms with Gasteiger partial charge in [-0.3, -0.25) is 0 Å². The predicted molar refractivity (Wildman–Crippen MR) is 218 cm³/mol. The fourth-order valence-electron chi connectivity index (χ4n) is 7.86. The van der Waals surface area contributed by atoms with Gasteiger partial charge in [-0.2, -0.15) is 0 Å². The van der Waals surface area contributed by atoms with Gasteiger partial charge in [-0.05, 0) is 142 Å². The van der Waals surface area contributed by atoms with Gasteiger partial charge in [0.05, 0.1) is 0 Å². The monoisotopic (exact) mass is 710 g/mol. The highest BCUT2D eigenvalue weighted by Crippen LogP contribution is 2.39. The van der Waals surface area contributed by atoms with Crippen molar-refractivity contribution in [3.63, 3.8) is 0 Å². The summed E-state index contributed by atoms with van der Waals surface area (Å²) < 4.78 is 56.8. The number of halogens is 4. The van der Waals surface area contributed by atoms with E-state index in [0.29, 0.717) is 5.57 Å². The van der Waals surface area contributed by atoms with Gasteiger partial charge in [-0.15, -0.1) is 0 Å². The molecule has 8 aromatic carbocycles. The standard InChI is InChI=1S/C50H34F4/c1-5-7-13-38-30(4)47(39-14-8-9-15-40(39)48(38)34-12-10-11-33(26-34)31-17-21-36(51)22-18-31)42-25-20-32-19-24-41(46-29(3)16-23-43(42)49(32)46)37(6-2)35-27-44(52)50(54)45(53)28-35/h5-28H,2,4H2,1,3H3/b7-5-,38-13+,41-37+. The van der Waals surface area contributed by atoms with Gasteiger partial charge in [0, 0.05) is 0 Å². The zero-order chi connectivity index (χ0) is 37.7. The van der Waals surface area contributed by atoms with Gasteiger partial charge in [-0.1, -0.05) is 128 Å². The molecule has 0 aliphatic carbocycles. The summed E-state index contributed by atoms with van der Waals surface area (Å²) in [5.41, 5.74) is 7.61. The van der Waals surface area contributed by atoms with Crippen LogP contribution in [0.15, 0.2) is 146 Å². The number of hydrogen-bond donors (Lipinski definition) is 0. The number of hydrogen-bond acceptors (Lipinski definition) is 0. The van der Waals surface area contributed by atoms with Crippen molar-refractivity contribution in [2.75, 3.05) is 0 Å². The molecule has 0 aliphatic heterocycles. The van der Waals surface area contributed by atoms with Crippen LogP contribution in [0.3, 0.4) is 0 Å². The van der Waals surface area contributed by atoms with Crippen LogP contribution in [0.4, 0.5) is 17.6 Å². The summed E-state index contributed by atoms with van der Waals surface area (Å²) in [4.78, 5) is 0. The van der Waals surface area contributed by atoms with Crippen molar-refractivity contribution in [1.82, 2.24) is 0 Å². The lowest BCUT2D eigenvalue weighted by Gasteiger charge is -2.19. The highest BCUT2D eigenvalue weighted by molar-refractivity contribution is 6.19. The molecule has 4 heteroatoms. The van der Waals surface area contributed by atoms with Gasteiger partial charge in [-0.25, -0.2) is 17.6 Å². The zero-order valence-electron chi connectivity index (χ0n) is 29.8. The Hall–Kier alpha value is -6.52. The largest absolute Gasteiger partial charge is 0.207 e. The maximum absolute atomic E-state index is 14.5. The van der Waals surface area contributed by atoms with E-state index >= 15 is 0 Å². The fourth-order valence-corrected chi connectivity index (χ4v) is 7.86. The van der Waals surface area contributed by atoms with Crippen LogP contribution in [0.2, 0.25) is 0 Å². The lowest BCUT2D eigenvalue weighted by molar-refractivity contribution is 0.446. The SMILES string of the molecule is C=C/C(c1cc(F)c(F)c(F)c1)=c1/ccc2ccc(-c3c(=C)/c(=C\C=C/C)c(-c4cccc(-c5ccc(F)cc5)c4)c4ccccc34)c3ccc(C)c1c23. The third-order valence-corrected chi connectivity index (χ3v) is 10.3. The summed E-state index contributed by atoms with van der Waals surface area (Å²) in [6.45, 7) is 12.7. The van der Waals surface area contributed by atoms with E-state index in [1.165, 1.54) is 12.1 Å². The normalized spacial score (nSPS) is 12.7. The Bertz CT molecular complexity index is 3000. The molecule has 0 saturated carbocycles. The van der Waals surface area contributed by atoms with Crippen LogP contribution in [0, 0.1) is 30.2 Å². The molecule has 0 aromatic heterocycles. The Kier molecular flexibility index (Phi) is 8.83. The van der Waals surface area contributed by atoms with Crippen molar-refractivity contribution < 1.29 is 17.6 Å². The third kappa shape index (κ3) is 5.71.